The van der Waals surface area contributed by atoms with Crippen LogP contribution in [0.3, 0.4) is 0 Å². The number of hydrogen-bond donors (Lipinski definition) is 2. The molecule has 0 spiro atoms. The minimum absolute atomic E-state index is 0.0398. The summed E-state index contributed by atoms with van der Waals surface area (Å²) in [6.45, 7) is 12.9. The minimum atomic E-state index is -0.542. The second-order valence-corrected chi connectivity index (χ2v) is 8.47. The molecule has 2 fully saturated rings. The van der Waals surface area contributed by atoms with Gasteiger partial charge in [-0.15, -0.1) is 0 Å². The third-order valence-electron chi connectivity index (χ3n) is 6.17. The zero-order chi connectivity index (χ0) is 24.1. The highest BCUT2D eigenvalue weighted by atomic mass is 16.5. The molecule has 2 aromatic rings. The number of Topliss-reactive ketones (excluding diaryl/α,β-unsaturated/α-hetero) is 1. The molecule has 1 aromatic carbocycles. The quantitative estimate of drug-likeness (QED) is 0.532. The van der Waals surface area contributed by atoms with Gasteiger partial charge in [-0.25, -0.2) is 0 Å². The molecule has 1 aromatic heterocycles. The van der Waals surface area contributed by atoms with Crippen LogP contribution in [0.25, 0.3) is 10.9 Å². The van der Waals surface area contributed by atoms with E-state index in [0.717, 1.165) is 19.4 Å². The summed E-state index contributed by atoms with van der Waals surface area (Å²) in [6.07, 6.45) is 3.40. The number of carbonyl (C=O) groups excluding carboxylic acids is 3. The molecule has 2 amide bonds. The van der Waals surface area contributed by atoms with E-state index in [4.69, 9.17) is 4.74 Å². The van der Waals surface area contributed by atoms with Crippen molar-refractivity contribution in [2.75, 3.05) is 32.8 Å². The standard InChI is InChI=1S/C23H30N4O4.C2H6/c1-4-31-20-10-19-16(9-17(20)22(29)27-13-14(2)24-11-15(27)3)18(12-25-19)21(28)23(30)26-7-5-6-8-26;1-2/h9-10,12,14-15,24-25H,4-8,11,13H2,1-3H3;1-2H3/t14-,15?;/m0./s1. The van der Waals surface area contributed by atoms with Gasteiger partial charge in [0, 0.05) is 61.4 Å². The average molecular weight is 457 g/mol. The van der Waals surface area contributed by atoms with Gasteiger partial charge in [0.2, 0.25) is 0 Å². The van der Waals surface area contributed by atoms with Crippen molar-refractivity contribution in [2.24, 2.45) is 0 Å². The van der Waals surface area contributed by atoms with Crippen molar-refractivity contribution in [3.05, 3.63) is 29.5 Å². The Morgan fingerprint density at radius 3 is 2.45 bits per heavy atom. The lowest BCUT2D eigenvalue weighted by molar-refractivity contribution is -0.125. The van der Waals surface area contributed by atoms with Crippen molar-refractivity contribution < 1.29 is 19.1 Å². The van der Waals surface area contributed by atoms with E-state index in [9.17, 15) is 14.4 Å². The molecule has 2 saturated heterocycles. The largest absolute Gasteiger partial charge is 0.493 e. The highest BCUT2D eigenvalue weighted by molar-refractivity contribution is 6.45. The highest BCUT2D eigenvalue weighted by Crippen LogP contribution is 2.30. The van der Waals surface area contributed by atoms with E-state index < -0.39 is 11.7 Å². The zero-order valence-electron chi connectivity index (χ0n) is 20.4. The number of carbonyl (C=O) groups is 3. The molecule has 0 saturated carbocycles. The maximum absolute atomic E-state index is 13.5. The van der Waals surface area contributed by atoms with Crippen LogP contribution in [0, 0.1) is 0 Å². The molecule has 2 aliphatic heterocycles. The van der Waals surface area contributed by atoms with Gasteiger partial charge in [0.05, 0.1) is 17.7 Å². The Morgan fingerprint density at radius 2 is 1.79 bits per heavy atom. The Bertz CT molecular complexity index is 1010. The second-order valence-electron chi connectivity index (χ2n) is 8.47. The van der Waals surface area contributed by atoms with Gasteiger partial charge in [-0.1, -0.05) is 13.8 Å². The van der Waals surface area contributed by atoms with Crippen molar-refractivity contribution >= 4 is 28.5 Å². The number of aromatic amines is 1. The monoisotopic (exact) mass is 456 g/mol. The third kappa shape index (κ3) is 5.05. The molecule has 4 rings (SSSR count). The van der Waals surface area contributed by atoms with E-state index in [1.165, 1.54) is 0 Å². The summed E-state index contributed by atoms with van der Waals surface area (Å²) in [5, 5.41) is 3.95. The van der Waals surface area contributed by atoms with Crippen LogP contribution < -0.4 is 10.1 Å². The molecule has 8 nitrogen and oxygen atoms in total. The number of benzene rings is 1. The molecule has 1 unspecified atom stereocenters. The topological polar surface area (TPSA) is 94.7 Å². The number of nitrogens with zero attached hydrogens (tertiary/aromatic N) is 2. The predicted octanol–water partition coefficient (Wildman–Crippen LogP) is 3.22. The third-order valence-corrected chi connectivity index (χ3v) is 6.17. The molecular weight excluding hydrogens is 420 g/mol. The van der Waals surface area contributed by atoms with Crippen LogP contribution in [-0.2, 0) is 4.79 Å². The summed E-state index contributed by atoms with van der Waals surface area (Å²) in [6, 6.07) is 3.68. The predicted molar refractivity (Wildman–Crippen MR) is 129 cm³/mol. The molecule has 180 valence electrons. The fourth-order valence-corrected chi connectivity index (χ4v) is 4.42. The SMILES string of the molecule is CC.CCOc1cc2[nH]cc(C(=O)C(=O)N3CCCC3)c2cc1C(=O)N1C[C@H](C)NCC1C. The number of fused-ring (bicyclic) bond motifs is 1. The fraction of sp³-hybridized carbons (Fsp3) is 0.560. The summed E-state index contributed by atoms with van der Waals surface area (Å²) in [5.41, 5.74) is 1.38. The van der Waals surface area contributed by atoms with Gasteiger partial charge in [0.1, 0.15) is 5.75 Å². The van der Waals surface area contributed by atoms with Gasteiger partial charge < -0.3 is 24.8 Å². The first-order chi connectivity index (χ1) is 15.9. The first-order valence-electron chi connectivity index (χ1n) is 12.1. The molecule has 3 heterocycles. The first-order valence-corrected chi connectivity index (χ1v) is 12.1. The Balaban J connectivity index is 0.00000149. The zero-order valence-corrected chi connectivity index (χ0v) is 20.4. The van der Waals surface area contributed by atoms with Gasteiger partial charge in [-0.05, 0) is 39.7 Å². The Morgan fingerprint density at radius 1 is 1.09 bits per heavy atom. The van der Waals surface area contributed by atoms with E-state index in [0.29, 0.717) is 54.0 Å². The van der Waals surface area contributed by atoms with Gasteiger partial charge in [-0.2, -0.15) is 0 Å². The van der Waals surface area contributed by atoms with Gasteiger partial charge >= 0.3 is 0 Å². The molecule has 0 aliphatic carbocycles. The van der Waals surface area contributed by atoms with E-state index in [2.05, 4.69) is 10.3 Å². The van der Waals surface area contributed by atoms with Crippen molar-refractivity contribution in [3.8, 4) is 5.75 Å². The maximum atomic E-state index is 13.5. The Hall–Kier alpha value is -2.87. The van der Waals surface area contributed by atoms with Crippen LogP contribution in [0.15, 0.2) is 18.3 Å². The lowest BCUT2D eigenvalue weighted by atomic mass is 10.0. The molecule has 0 bridgehead atoms. The summed E-state index contributed by atoms with van der Waals surface area (Å²) in [5.74, 6) is -0.675. The molecule has 2 aliphatic rings. The second kappa shape index (κ2) is 10.8. The van der Waals surface area contributed by atoms with Crippen LogP contribution in [0.2, 0.25) is 0 Å². The number of ketones is 1. The molecule has 33 heavy (non-hydrogen) atoms. The summed E-state index contributed by atoms with van der Waals surface area (Å²) in [7, 11) is 0. The smallest absolute Gasteiger partial charge is 0.295 e. The van der Waals surface area contributed by atoms with E-state index in [-0.39, 0.29) is 18.0 Å². The van der Waals surface area contributed by atoms with E-state index >= 15 is 0 Å². The first kappa shape index (κ1) is 24.8. The number of amides is 2. The average Bonchev–Trinajstić information content (AvgIpc) is 3.50. The number of H-pyrrole nitrogens is 1. The number of nitrogens with one attached hydrogen (secondary N) is 2. The summed E-state index contributed by atoms with van der Waals surface area (Å²) in [4.78, 5) is 45.6. The van der Waals surface area contributed by atoms with E-state index in [1.54, 1.807) is 23.2 Å². The molecule has 8 heteroatoms. The number of piperazine rings is 1. The van der Waals surface area contributed by atoms with Gasteiger partial charge in [0.15, 0.2) is 0 Å². The highest BCUT2D eigenvalue weighted by Gasteiger charge is 2.31. The van der Waals surface area contributed by atoms with Crippen molar-refractivity contribution in [2.45, 2.75) is 59.5 Å². The van der Waals surface area contributed by atoms with Crippen LogP contribution in [0.1, 0.15) is 68.2 Å². The minimum Gasteiger partial charge on any atom is -0.493 e. The fourth-order valence-electron chi connectivity index (χ4n) is 4.42. The van der Waals surface area contributed by atoms with Crippen molar-refractivity contribution in [1.82, 2.24) is 20.1 Å². The number of rotatable bonds is 5. The molecule has 0 radical (unpaired) electrons. The maximum Gasteiger partial charge on any atom is 0.295 e. The summed E-state index contributed by atoms with van der Waals surface area (Å²) >= 11 is 0. The Kier molecular flexibility index (Phi) is 8.13. The number of ether oxygens (including phenoxy) is 1. The Labute approximate surface area is 195 Å². The van der Waals surface area contributed by atoms with Crippen LogP contribution in [0.5, 0.6) is 5.75 Å². The van der Waals surface area contributed by atoms with Crippen molar-refractivity contribution in [3.63, 3.8) is 0 Å². The number of hydrogen-bond acceptors (Lipinski definition) is 5. The van der Waals surface area contributed by atoms with Crippen molar-refractivity contribution in [1.29, 1.82) is 0 Å². The summed E-state index contributed by atoms with van der Waals surface area (Å²) < 4.78 is 5.77. The van der Waals surface area contributed by atoms with Gasteiger partial charge in [0.25, 0.3) is 17.6 Å². The lowest BCUT2D eigenvalue weighted by Gasteiger charge is -2.37. The molecular formula is C25H36N4O4. The van der Waals surface area contributed by atoms with Crippen LogP contribution >= 0.6 is 0 Å². The number of likely N-dealkylation sites (tertiary alicyclic amines) is 1. The molecule has 2 atom stereocenters. The van der Waals surface area contributed by atoms with E-state index in [1.807, 2.05) is 39.5 Å². The molecule has 2 N–H and O–H groups in total. The van der Waals surface area contributed by atoms with Crippen LogP contribution in [-0.4, -0.2) is 77.3 Å². The lowest BCUT2D eigenvalue weighted by Crippen LogP contribution is -2.56. The van der Waals surface area contributed by atoms with Crippen LogP contribution in [0.4, 0.5) is 0 Å². The van der Waals surface area contributed by atoms with Gasteiger partial charge in [-0.3, -0.25) is 14.4 Å². The normalized spacial score (nSPS) is 20.4. The number of aromatic nitrogens is 1.